The summed E-state index contributed by atoms with van der Waals surface area (Å²) >= 11 is 5.05. The highest BCUT2D eigenvalue weighted by Gasteiger charge is 2.09. The first kappa shape index (κ1) is 21.4. The molecule has 1 aromatic heterocycles. The van der Waals surface area contributed by atoms with E-state index in [1.165, 1.54) is 11.1 Å². The molecule has 1 N–H and O–H groups in total. The van der Waals surface area contributed by atoms with E-state index in [9.17, 15) is 4.79 Å². The summed E-state index contributed by atoms with van der Waals surface area (Å²) in [5.41, 5.74) is 9.36. The predicted molar refractivity (Wildman–Crippen MR) is 126 cm³/mol. The minimum absolute atomic E-state index is 0.0971. The average molecular weight is 470 g/mol. The number of aromatic nitrogens is 1. The van der Waals surface area contributed by atoms with Crippen LogP contribution >= 0.6 is 27.7 Å². The number of aryl methyl sites for hydroxylation is 2. The highest BCUT2D eigenvalue weighted by molar-refractivity contribution is 9.10. The summed E-state index contributed by atoms with van der Waals surface area (Å²) in [6.07, 6.45) is 1.71. The van der Waals surface area contributed by atoms with Crippen molar-refractivity contribution >= 4 is 39.8 Å². The first-order valence-corrected chi connectivity index (χ1v) is 11.3. The van der Waals surface area contributed by atoms with E-state index in [4.69, 9.17) is 0 Å². The molecule has 1 heterocycles. The molecular weight excluding hydrogens is 446 g/mol. The highest BCUT2D eigenvalue weighted by atomic mass is 79.9. The molecule has 1 amide bonds. The molecule has 6 heteroatoms. The van der Waals surface area contributed by atoms with Crippen LogP contribution in [-0.4, -0.2) is 22.4 Å². The number of carbonyl (C=O) groups is 1. The number of hydrogen-bond donors (Lipinski definition) is 1. The summed E-state index contributed by atoms with van der Waals surface area (Å²) in [4.78, 5) is 12.0. The first-order valence-electron chi connectivity index (χ1n) is 9.34. The van der Waals surface area contributed by atoms with Crippen LogP contribution in [0.25, 0.3) is 5.69 Å². The van der Waals surface area contributed by atoms with Gasteiger partial charge in [0, 0.05) is 32.9 Å². The van der Waals surface area contributed by atoms with Crippen LogP contribution in [0.1, 0.15) is 28.1 Å². The highest BCUT2D eigenvalue weighted by Crippen LogP contribution is 2.21. The Balaban J connectivity index is 1.54. The Bertz CT molecular complexity index is 1010. The molecule has 3 aromatic rings. The molecule has 0 bridgehead atoms. The number of carbonyl (C=O) groups excluding carboxylic acids is 1. The van der Waals surface area contributed by atoms with E-state index in [0.717, 1.165) is 32.9 Å². The van der Waals surface area contributed by atoms with Crippen molar-refractivity contribution in [3.63, 3.8) is 0 Å². The van der Waals surface area contributed by atoms with Crippen LogP contribution in [0.2, 0.25) is 0 Å². The van der Waals surface area contributed by atoms with Crippen LogP contribution in [0.5, 0.6) is 0 Å². The summed E-state index contributed by atoms with van der Waals surface area (Å²) in [5, 5.41) is 4.14. The van der Waals surface area contributed by atoms with Crippen molar-refractivity contribution in [2.45, 2.75) is 26.5 Å². The smallest absolute Gasteiger partial charge is 0.250 e. The lowest BCUT2D eigenvalue weighted by atomic mass is 10.2. The third-order valence-electron chi connectivity index (χ3n) is 4.57. The maximum absolute atomic E-state index is 12.0. The van der Waals surface area contributed by atoms with Gasteiger partial charge in [0.1, 0.15) is 0 Å². The quantitative estimate of drug-likeness (QED) is 0.364. The maximum atomic E-state index is 12.0. The Labute approximate surface area is 184 Å². The summed E-state index contributed by atoms with van der Waals surface area (Å²) in [6, 6.07) is 18.6. The van der Waals surface area contributed by atoms with E-state index < -0.39 is 0 Å². The first-order chi connectivity index (χ1) is 13.9. The number of halogens is 1. The molecule has 0 unspecified atom stereocenters. The zero-order valence-corrected chi connectivity index (χ0v) is 19.2. The van der Waals surface area contributed by atoms with Gasteiger partial charge in [-0.25, -0.2) is 5.43 Å². The van der Waals surface area contributed by atoms with Gasteiger partial charge in [0.2, 0.25) is 5.91 Å². The lowest BCUT2D eigenvalue weighted by molar-refractivity contribution is -0.118. The monoisotopic (exact) mass is 469 g/mol. The van der Waals surface area contributed by atoms with Crippen LogP contribution in [0.3, 0.4) is 0 Å². The van der Waals surface area contributed by atoms with Gasteiger partial charge in [0.25, 0.3) is 0 Å². The van der Waals surface area contributed by atoms with Crippen LogP contribution in [-0.2, 0) is 10.5 Å². The van der Waals surface area contributed by atoms with Gasteiger partial charge in [0.05, 0.1) is 12.0 Å². The fourth-order valence-corrected chi connectivity index (χ4v) is 4.10. The molecule has 3 rings (SSSR count). The van der Waals surface area contributed by atoms with E-state index in [1.807, 2.05) is 12.1 Å². The van der Waals surface area contributed by atoms with Crippen molar-refractivity contribution in [1.82, 2.24) is 9.99 Å². The Morgan fingerprint density at radius 3 is 2.48 bits per heavy atom. The van der Waals surface area contributed by atoms with Crippen molar-refractivity contribution in [2.75, 3.05) is 5.75 Å². The lowest BCUT2D eigenvalue weighted by Gasteiger charge is -2.09. The number of rotatable bonds is 7. The number of nitrogens with zero attached hydrogens (tertiary/aromatic N) is 2. The van der Waals surface area contributed by atoms with Crippen LogP contribution in [0.4, 0.5) is 0 Å². The van der Waals surface area contributed by atoms with E-state index in [-0.39, 0.29) is 5.91 Å². The fraction of sp³-hybridized carbons (Fsp3) is 0.217. The van der Waals surface area contributed by atoms with Gasteiger partial charge in [-0.2, -0.15) is 5.10 Å². The second-order valence-corrected chi connectivity index (χ2v) is 8.81. The standard InChI is InChI=1S/C23H24BrN3OS/c1-16-4-6-19(7-5-16)14-29-15-23(28)26-25-13-20-12-17(2)27(18(20)3)22-10-8-21(24)9-11-22/h4-13H,14-15H2,1-3H3,(H,26,28)/b25-13+. The Morgan fingerprint density at radius 2 is 1.79 bits per heavy atom. The van der Waals surface area contributed by atoms with Gasteiger partial charge in [-0.15, -0.1) is 11.8 Å². The van der Waals surface area contributed by atoms with Gasteiger partial charge < -0.3 is 4.57 Å². The molecular formula is C23H24BrN3OS. The average Bonchev–Trinajstić information content (AvgIpc) is 2.98. The number of hydrogen-bond acceptors (Lipinski definition) is 3. The van der Waals surface area contributed by atoms with Gasteiger partial charge in [0.15, 0.2) is 0 Å². The molecule has 0 atom stereocenters. The number of thioether (sulfide) groups is 1. The van der Waals surface area contributed by atoms with Crippen LogP contribution in [0, 0.1) is 20.8 Å². The molecule has 0 aliphatic heterocycles. The van der Waals surface area contributed by atoms with E-state index in [0.29, 0.717) is 5.75 Å². The topological polar surface area (TPSA) is 46.4 Å². The molecule has 0 saturated heterocycles. The van der Waals surface area contributed by atoms with Crippen molar-refractivity contribution in [1.29, 1.82) is 0 Å². The SMILES string of the molecule is Cc1ccc(CSCC(=O)N/N=C/c2cc(C)n(-c3ccc(Br)cc3)c2C)cc1. The largest absolute Gasteiger partial charge is 0.318 e. The second-order valence-electron chi connectivity index (χ2n) is 6.91. The molecule has 2 aromatic carbocycles. The maximum Gasteiger partial charge on any atom is 0.250 e. The number of amides is 1. The van der Waals surface area contributed by atoms with Crippen LogP contribution < -0.4 is 5.43 Å². The summed E-state index contributed by atoms with van der Waals surface area (Å²) in [7, 11) is 0. The Hall–Kier alpha value is -2.31. The molecule has 0 radical (unpaired) electrons. The third kappa shape index (κ3) is 5.84. The predicted octanol–water partition coefficient (Wildman–Crippen LogP) is 5.55. The van der Waals surface area contributed by atoms with Gasteiger partial charge in [-0.1, -0.05) is 45.8 Å². The number of nitrogens with one attached hydrogen (secondary N) is 1. The van der Waals surface area contributed by atoms with Crippen molar-refractivity contribution in [3.8, 4) is 5.69 Å². The summed E-state index contributed by atoms with van der Waals surface area (Å²) in [6.45, 7) is 6.18. The zero-order valence-electron chi connectivity index (χ0n) is 16.8. The van der Waals surface area contributed by atoms with Gasteiger partial charge >= 0.3 is 0 Å². The number of hydrazone groups is 1. The van der Waals surface area contributed by atoms with E-state index in [2.05, 4.69) is 94.3 Å². The normalized spacial score (nSPS) is 11.2. The fourth-order valence-electron chi connectivity index (χ4n) is 3.06. The number of benzene rings is 2. The summed E-state index contributed by atoms with van der Waals surface area (Å²) in [5.74, 6) is 1.09. The molecule has 150 valence electrons. The van der Waals surface area contributed by atoms with Crippen molar-refractivity contribution in [2.24, 2.45) is 5.10 Å². The lowest BCUT2D eigenvalue weighted by Crippen LogP contribution is -2.19. The Kier molecular flexibility index (Phi) is 7.34. The van der Waals surface area contributed by atoms with E-state index >= 15 is 0 Å². The van der Waals surface area contributed by atoms with Gasteiger partial charge in [-0.05, 0) is 56.7 Å². The third-order valence-corrected chi connectivity index (χ3v) is 6.10. The molecule has 4 nitrogen and oxygen atoms in total. The van der Waals surface area contributed by atoms with Crippen LogP contribution in [0.15, 0.2) is 64.2 Å². The van der Waals surface area contributed by atoms with Crippen molar-refractivity contribution in [3.05, 3.63) is 87.1 Å². The van der Waals surface area contributed by atoms with E-state index in [1.54, 1.807) is 18.0 Å². The molecule has 0 aliphatic rings. The molecule has 0 aliphatic carbocycles. The second kappa shape index (κ2) is 9.94. The minimum atomic E-state index is -0.0971. The van der Waals surface area contributed by atoms with Crippen molar-refractivity contribution < 1.29 is 4.79 Å². The molecule has 29 heavy (non-hydrogen) atoms. The molecule has 0 fully saturated rings. The van der Waals surface area contributed by atoms with Gasteiger partial charge in [-0.3, -0.25) is 4.79 Å². The molecule has 0 saturated carbocycles. The Morgan fingerprint density at radius 1 is 1.10 bits per heavy atom. The summed E-state index contributed by atoms with van der Waals surface area (Å²) < 4.78 is 3.22. The zero-order chi connectivity index (χ0) is 20.8. The minimum Gasteiger partial charge on any atom is -0.318 e. The molecule has 0 spiro atoms.